The molecule has 1 N–H and O–H groups in total. The highest BCUT2D eigenvalue weighted by Crippen LogP contribution is 2.18. The molecule has 0 aliphatic rings. The van der Waals surface area contributed by atoms with Gasteiger partial charge in [-0.15, -0.1) is 11.3 Å². The number of aromatic nitrogens is 4. The fourth-order valence-corrected chi connectivity index (χ4v) is 2.35. The Kier molecular flexibility index (Phi) is 4.40. The zero-order valence-electron chi connectivity index (χ0n) is 10.1. The van der Waals surface area contributed by atoms with E-state index in [-0.39, 0.29) is 11.9 Å². The monoisotopic (exact) mass is 265 g/mol. The average molecular weight is 265 g/mol. The summed E-state index contributed by atoms with van der Waals surface area (Å²) in [6.07, 6.45) is 6.05. The van der Waals surface area contributed by atoms with E-state index < -0.39 is 0 Å². The van der Waals surface area contributed by atoms with Gasteiger partial charge in [-0.3, -0.25) is 9.48 Å². The van der Waals surface area contributed by atoms with Gasteiger partial charge in [0.2, 0.25) is 5.91 Å². The summed E-state index contributed by atoms with van der Waals surface area (Å²) in [4.78, 5) is 19.9. The molecular formula is C11H15N5OS. The van der Waals surface area contributed by atoms with E-state index in [1.165, 1.54) is 6.33 Å². The van der Waals surface area contributed by atoms with E-state index >= 15 is 0 Å². The summed E-state index contributed by atoms with van der Waals surface area (Å²) in [6.45, 7) is 2.57. The molecule has 0 aliphatic carbocycles. The van der Waals surface area contributed by atoms with Crippen molar-refractivity contribution in [1.29, 1.82) is 0 Å². The minimum atomic E-state index is 0.00699. The second kappa shape index (κ2) is 6.25. The van der Waals surface area contributed by atoms with Crippen molar-refractivity contribution in [2.24, 2.45) is 0 Å². The Morgan fingerprint density at radius 1 is 1.61 bits per heavy atom. The third-order valence-corrected chi connectivity index (χ3v) is 3.42. The summed E-state index contributed by atoms with van der Waals surface area (Å²) in [5, 5.41) is 9.80. The number of hydrogen-bond acceptors (Lipinski definition) is 5. The standard InChI is InChI=1S/C11H15N5OS/c1-2-9(11-13-4-6-18-11)15-10(17)3-5-16-8-12-7-14-16/h4,6-9H,2-3,5H2,1H3,(H,15,17)/t9-/m0/s1. The summed E-state index contributed by atoms with van der Waals surface area (Å²) in [5.41, 5.74) is 0. The van der Waals surface area contributed by atoms with Gasteiger partial charge in [-0.2, -0.15) is 5.10 Å². The molecule has 96 valence electrons. The van der Waals surface area contributed by atoms with Gasteiger partial charge >= 0.3 is 0 Å². The van der Waals surface area contributed by atoms with Crippen molar-refractivity contribution in [3.63, 3.8) is 0 Å². The van der Waals surface area contributed by atoms with Gasteiger partial charge < -0.3 is 5.32 Å². The van der Waals surface area contributed by atoms with E-state index in [1.54, 1.807) is 28.5 Å². The maximum atomic E-state index is 11.8. The van der Waals surface area contributed by atoms with Gasteiger partial charge in [0, 0.05) is 18.0 Å². The molecule has 1 atom stereocenters. The summed E-state index contributed by atoms with van der Waals surface area (Å²) in [6, 6.07) is 0.00764. The molecule has 0 bridgehead atoms. The molecule has 2 aromatic heterocycles. The maximum absolute atomic E-state index is 11.8. The molecule has 1 amide bonds. The van der Waals surface area contributed by atoms with Crippen molar-refractivity contribution in [3.05, 3.63) is 29.2 Å². The Hall–Kier alpha value is -1.76. The molecule has 6 nitrogen and oxygen atoms in total. The van der Waals surface area contributed by atoms with Gasteiger partial charge in [0.1, 0.15) is 17.7 Å². The molecule has 2 rings (SSSR count). The third kappa shape index (κ3) is 3.36. The predicted molar refractivity (Wildman–Crippen MR) is 67.9 cm³/mol. The van der Waals surface area contributed by atoms with Crippen LogP contribution in [0.15, 0.2) is 24.2 Å². The fraction of sp³-hybridized carbons (Fsp3) is 0.455. The van der Waals surface area contributed by atoms with Crippen LogP contribution >= 0.6 is 11.3 Å². The van der Waals surface area contributed by atoms with Crippen molar-refractivity contribution in [1.82, 2.24) is 25.1 Å². The van der Waals surface area contributed by atoms with Crippen molar-refractivity contribution in [2.45, 2.75) is 32.4 Å². The molecule has 2 aromatic rings. The van der Waals surface area contributed by atoms with Gasteiger partial charge in [0.05, 0.1) is 12.6 Å². The number of nitrogens with one attached hydrogen (secondary N) is 1. The number of carbonyl (C=O) groups is 1. The molecule has 0 aliphatic heterocycles. The summed E-state index contributed by atoms with van der Waals surface area (Å²) < 4.78 is 1.64. The van der Waals surface area contributed by atoms with Crippen LogP contribution in [0, 0.1) is 0 Å². The Morgan fingerprint density at radius 2 is 2.50 bits per heavy atom. The first-order valence-corrected chi connectivity index (χ1v) is 6.68. The zero-order chi connectivity index (χ0) is 12.8. The Labute approximate surface area is 109 Å². The number of hydrogen-bond donors (Lipinski definition) is 1. The number of rotatable bonds is 6. The lowest BCUT2D eigenvalue weighted by Gasteiger charge is -2.14. The van der Waals surface area contributed by atoms with Crippen LogP contribution in [0.5, 0.6) is 0 Å². The van der Waals surface area contributed by atoms with E-state index in [9.17, 15) is 4.79 Å². The molecule has 0 unspecified atom stereocenters. The van der Waals surface area contributed by atoms with Crippen molar-refractivity contribution in [2.75, 3.05) is 0 Å². The van der Waals surface area contributed by atoms with Crippen LogP contribution in [-0.4, -0.2) is 25.7 Å². The first-order chi connectivity index (χ1) is 8.79. The smallest absolute Gasteiger partial charge is 0.222 e. The highest BCUT2D eigenvalue weighted by atomic mass is 32.1. The molecule has 0 saturated carbocycles. The minimum Gasteiger partial charge on any atom is -0.347 e. The van der Waals surface area contributed by atoms with Crippen LogP contribution < -0.4 is 5.32 Å². The van der Waals surface area contributed by atoms with E-state index in [0.717, 1.165) is 11.4 Å². The van der Waals surface area contributed by atoms with Crippen LogP contribution in [-0.2, 0) is 11.3 Å². The molecule has 2 heterocycles. The second-order valence-corrected chi connectivity index (χ2v) is 4.73. The van der Waals surface area contributed by atoms with Gasteiger partial charge in [-0.25, -0.2) is 9.97 Å². The number of thiazole rings is 1. The summed E-state index contributed by atoms with van der Waals surface area (Å²) in [7, 11) is 0. The van der Waals surface area contributed by atoms with E-state index in [2.05, 4.69) is 20.4 Å². The lowest BCUT2D eigenvalue weighted by Crippen LogP contribution is -2.28. The molecular weight excluding hydrogens is 250 g/mol. The van der Waals surface area contributed by atoms with E-state index in [1.807, 2.05) is 12.3 Å². The SMILES string of the molecule is CC[C@H](NC(=O)CCn1cncn1)c1nccs1. The molecule has 0 radical (unpaired) electrons. The summed E-state index contributed by atoms with van der Waals surface area (Å²) in [5.74, 6) is 0.00699. The lowest BCUT2D eigenvalue weighted by molar-refractivity contribution is -0.122. The number of amides is 1. The highest BCUT2D eigenvalue weighted by molar-refractivity contribution is 7.09. The minimum absolute atomic E-state index is 0.00699. The molecule has 7 heteroatoms. The number of aryl methyl sites for hydroxylation is 1. The molecule has 0 saturated heterocycles. The lowest BCUT2D eigenvalue weighted by atomic mass is 10.2. The second-order valence-electron chi connectivity index (χ2n) is 3.81. The highest BCUT2D eigenvalue weighted by Gasteiger charge is 2.14. The van der Waals surface area contributed by atoms with Gasteiger partial charge in [-0.1, -0.05) is 6.92 Å². The first kappa shape index (κ1) is 12.7. The normalized spacial score (nSPS) is 12.3. The quantitative estimate of drug-likeness (QED) is 0.856. The third-order valence-electron chi connectivity index (χ3n) is 2.53. The Bertz CT molecular complexity index is 468. The molecule has 0 spiro atoms. The van der Waals surface area contributed by atoms with Gasteiger partial charge in [0.15, 0.2) is 0 Å². The van der Waals surface area contributed by atoms with E-state index in [0.29, 0.717) is 13.0 Å². The number of carbonyl (C=O) groups excluding carboxylic acids is 1. The first-order valence-electron chi connectivity index (χ1n) is 5.80. The van der Waals surface area contributed by atoms with Crippen LogP contribution in [0.3, 0.4) is 0 Å². The Morgan fingerprint density at radius 3 is 3.11 bits per heavy atom. The Balaban J connectivity index is 1.82. The van der Waals surface area contributed by atoms with Crippen molar-refractivity contribution in [3.8, 4) is 0 Å². The van der Waals surface area contributed by atoms with Crippen molar-refractivity contribution < 1.29 is 4.79 Å². The topological polar surface area (TPSA) is 72.7 Å². The number of nitrogens with zero attached hydrogens (tertiary/aromatic N) is 4. The van der Waals surface area contributed by atoms with Crippen molar-refractivity contribution >= 4 is 17.2 Å². The zero-order valence-corrected chi connectivity index (χ0v) is 10.9. The van der Waals surface area contributed by atoms with Crippen LogP contribution in [0.25, 0.3) is 0 Å². The average Bonchev–Trinajstić information content (AvgIpc) is 3.05. The maximum Gasteiger partial charge on any atom is 0.222 e. The predicted octanol–water partition coefficient (Wildman–Crippen LogP) is 1.39. The van der Waals surface area contributed by atoms with E-state index in [4.69, 9.17) is 0 Å². The largest absolute Gasteiger partial charge is 0.347 e. The van der Waals surface area contributed by atoms with Crippen LogP contribution in [0.2, 0.25) is 0 Å². The molecule has 0 aromatic carbocycles. The van der Waals surface area contributed by atoms with Gasteiger partial charge in [0.25, 0.3) is 0 Å². The van der Waals surface area contributed by atoms with Crippen LogP contribution in [0.1, 0.15) is 30.8 Å². The molecule has 18 heavy (non-hydrogen) atoms. The summed E-state index contributed by atoms with van der Waals surface area (Å²) >= 11 is 1.56. The molecule has 0 fully saturated rings. The van der Waals surface area contributed by atoms with Crippen LogP contribution in [0.4, 0.5) is 0 Å². The van der Waals surface area contributed by atoms with Gasteiger partial charge in [-0.05, 0) is 6.42 Å². The fourth-order valence-electron chi connectivity index (χ4n) is 1.58.